The summed E-state index contributed by atoms with van der Waals surface area (Å²) in [7, 11) is 5.25. The van der Waals surface area contributed by atoms with E-state index in [0.29, 0.717) is 6.07 Å². The number of alkyl halides is 2. The molecule has 0 unspecified atom stereocenters. The lowest BCUT2D eigenvalue weighted by atomic mass is 9.92. The van der Waals surface area contributed by atoms with E-state index < -0.39 is 23.3 Å². The fourth-order valence-electron chi connectivity index (χ4n) is 1.12. The Balaban J connectivity index is 3.15. The molecule has 0 aliphatic rings. The molecular formula is C10H8BF3O2. The highest BCUT2D eigenvalue weighted by Crippen LogP contribution is 2.30. The third-order valence-electron chi connectivity index (χ3n) is 1.86. The molecule has 0 spiro atoms. The van der Waals surface area contributed by atoms with E-state index in [0.717, 1.165) is 12.1 Å². The van der Waals surface area contributed by atoms with E-state index in [4.69, 9.17) is 7.85 Å². The number of carbonyl (C=O) groups is 1. The van der Waals surface area contributed by atoms with E-state index in [-0.39, 0.29) is 12.1 Å². The fraction of sp³-hybridized carbons (Fsp3) is 0.300. The zero-order valence-corrected chi connectivity index (χ0v) is 8.47. The molecule has 0 saturated heterocycles. The molecule has 0 N–H and O–H groups in total. The van der Waals surface area contributed by atoms with Crippen LogP contribution in [0.2, 0.25) is 0 Å². The van der Waals surface area contributed by atoms with Crippen LogP contribution in [0, 0.1) is 5.82 Å². The first-order chi connectivity index (χ1) is 7.39. The summed E-state index contributed by atoms with van der Waals surface area (Å²) in [5.41, 5.74) is -1.13. The van der Waals surface area contributed by atoms with E-state index in [1.54, 1.807) is 0 Å². The van der Waals surface area contributed by atoms with Crippen LogP contribution in [0.15, 0.2) is 18.2 Å². The highest BCUT2D eigenvalue weighted by atomic mass is 19.3. The molecular weight excluding hydrogens is 220 g/mol. The van der Waals surface area contributed by atoms with E-state index in [2.05, 4.69) is 4.74 Å². The third kappa shape index (κ3) is 2.37. The fourth-order valence-corrected chi connectivity index (χ4v) is 1.12. The van der Waals surface area contributed by atoms with Gasteiger partial charge in [-0.05, 0) is 13.0 Å². The number of esters is 1. The second kappa shape index (κ2) is 4.59. The van der Waals surface area contributed by atoms with Gasteiger partial charge in [0.1, 0.15) is 13.7 Å². The molecule has 0 saturated carbocycles. The molecule has 0 heterocycles. The molecule has 1 aromatic rings. The summed E-state index contributed by atoms with van der Waals surface area (Å²) in [6, 6.07) is 2.62. The van der Waals surface area contributed by atoms with Crippen molar-refractivity contribution in [3.8, 4) is 0 Å². The topological polar surface area (TPSA) is 26.3 Å². The number of rotatable bonds is 3. The Morgan fingerprint density at radius 1 is 1.50 bits per heavy atom. The Kier molecular flexibility index (Phi) is 3.62. The Labute approximate surface area is 91.8 Å². The van der Waals surface area contributed by atoms with Gasteiger partial charge in [0.15, 0.2) is 0 Å². The van der Waals surface area contributed by atoms with Gasteiger partial charge in [-0.3, -0.25) is 0 Å². The van der Waals surface area contributed by atoms with E-state index in [9.17, 15) is 18.0 Å². The maximum atomic E-state index is 13.4. The highest BCUT2D eigenvalue weighted by molar-refractivity contribution is 6.32. The van der Waals surface area contributed by atoms with Crippen LogP contribution in [0.5, 0.6) is 0 Å². The minimum absolute atomic E-state index is 0.0552. The zero-order chi connectivity index (χ0) is 12.3. The number of carbonyl (C=O) groups excluding carboxylic acids is 1. The number of ether oxygens (including phenoxy) is 1. The zero-order valence-electron chi connectivity index (χ0n) is 8.47. The summed E-state index contributed by atoms with van der Waals surface area (Å²) in [5.74, 6) is -7.03. The SMILES string of the molecule is [B]c1ccc(F)c(C(F)(F)C(=O)OCC)c1. The number of halogens is 3. The maximum absolute atomic E-state index is 13.4. The van der Waals surface area contributed by atoms with Crippen molar-refractivity contribution in [2.75, 3.05) is 6.61 Å². The smallest absolute Gasteiger partial charge is 0.382 e. The second-order valence-corrected chi connectivity index (χ2v) is 3.03. The first-order valence-corrected chi connectivity index (χ1v) is 4.50. The van der Waals surface area contributed by atoms with Crippen molar-refractivity contribution in [3.63, 3.8) is 0 Å². The quantitative estimate of drug-likeness (QED) is 0.575. The first kappa shape index (κ1) is 12.6. The summed E-state index contributed by atoms with van der Waals surface area (Å²) in [6.45, 7) is 1.17. The highest BCUT2D eigenvalue weighted by Gasteiger charge is 2.44. The molecule has 2 radical (unpaired) electrons. The first-order valence-electron chi connectivity index (χ1n) is 4.50. The van der Waals surface area contributed by atoms with Crippen molar-refractivity contribution in [2.24, 2.45) is 0 Å². The second-order valence-electron chi connectivity index (χ2n) is 3.03. The average molecular weight is 228 g/mol. The normalized spacial score (nSPS) is 11.2. The molecule has 0 bridgehead atoms. The largest absolute Gasteiger partial charge is 0.461 e. The monoisotopic (exact) mass is 228 g/mol. The van der Waals surface area contributed by atoms with Gasteiger partial charge in [-0.25, -0.2) is 9.18 Å². The molecule has 2 nitrogen and oxygen atoms in total. The molecule has 0 amide bonds. The number of hydrogen-bond acceptors (Lipinski definition) is 2. The van der Waals surface area contributed by atoms with Crippen LogP contribution in [0.4, 0.5) is 13.2 Å². The van der Waals surface area contributed by atoms with Crippen LogP contribution in [0.3, 0.4) is 0 Å². The van der Waals surface area contributed by atoms with Crippen molar-refractivity contribution >= 4 is 19.3 Å². The molecule has 0 aliphatic carbocycles. The molecule has 0 atom stereocenters. The predicted molar refractivity (Wildman–Crippen MR) is 52.3 cm³/mol. The minimum atomic E-state index is -4.03. The Bertz CT molecular complexity index is 407. The number of hydrogen-bond donors (Lipinski definition) is 0. The van der Waals surface area contributed by atoms with Gasteiger partial charge in [0.05, 0.1) is 12.2 Å². The van der Waals surface area contributed by atoms with Gasteiger partial charge in [0, 0.05) is 0 Å². The summed E-state index contributed by atoms with van der Waals surface area (Å²) in [4.78, 5) is 10.9. The maximum Gasteiger partial charge on any atom is 0.382 e. The minimum Gasteiger partial charge on any atom is -0.461 e. The van der Waals surface area contributed by atoms with Crippen LogP contribution in [-0.2, 0) is 15.5 Å². The van der Waals surface area contributed by atoms with Gasteiger partial charge in [0.2, 0.25) is 0 Å². The van der Waals surface area contributed by atoms with Gasteiger partial charge in [-0.2, -0.15) is 8.78 Å². The van der Waals surface area contributed by atoms with Gasteiger partial charge in [0.25, 0.3) is 0 Å². The summed E-state index contributed by atoms with van der Waals surface area (Å²) < 4.78 is 44.1. The molecule has 1 rings (SSSR count). The van der Waals surface area contributed by atoms with Crippen LogP contribution >= 0.6 is 0 Å². The van der Waals surface area contributed by atoms with E-state index in [1.165, 1.54) is 6.92 Å². The molecule has 1 aromatic carbocycles. The Morgan fingerprint density at radius 3 is 2.69 bits per heavy atom. The molecule has 6 heteroatoms. The lowest BCUT2D eigenvalue weighted by Gasteiger charge is -2.16. The summed E-state index contributed by atoms with van der Waals surface area (Å²) in [6.07, 6.45) is 0. The van der Waals surface area contributed by atoms with Crippen LogP contribution in [0.1, 0.15) is 12.5 Å². The molecule has 84 valence electrons. The Hall–Kier alpha value is -1.46. The third-order valence-corrected chi connectivity index (χ3v) is 1.86. The molecule has 0 aliphatic heterocycles. The number of benzene rings is 1. The van der Waals surface area contributed by atoms with Crippen molar-refractivity contribution < 1.29 is 22.7 Å². The van der Waals surface area contributed by atoms with Crippen LogP contribution in [-0.4, -0.2) is 20.4 Å². The van der Waals surface area contributed by atoms with Gasteiger partial charge >= 0.3 is 11.9 Å². The van der Waals surface area contributed by atoms with Crippen LogP contribution in [0.25, 0.3) is 0 Å². The van der Waals surface area contributed by atoms with Crippen LogP contribution < -0.4 is 5.46 Å². The van der Waals surface area contributed by atoms with Crippen molar-refractivity contribution in [1.29, 1.82) is 0 Å². The molecule has 0 fully saturated rings. The van der Waals surface area contributed by atoms with Crippen molar-refractivity contribution in [1.82, 2.24) is 0 Å². The standard InChI is InChI=1S/C10H8BF3O2/c1-2-16-9(15)10(13,14)7-5-6(11)3-4-8(7)12/h3-5H,2H2,1H3. The van der Waals surface area contributed by atoms with Gasteiger partial charge < -0.3 is 4.74 Å². The average Bonchev–Trinajstić information content (AvgIpc) is 2.22. The van der Waals surface area contributed by atoms with E-state index >= 15 is 0 Å². The lowest BCUT2D eigenvalue weighted by Crippen LogP contribution is -2.30. The molecule has 0 aromatic heterocycles. The van der Waals surface area contributed by atoms with E-state index in [1.807, 2.05) is 0 Å². The van der Waals surface area contributed by atoms with Gasteiger partial charge in [-0.15, -0.1) is 0 Å². The summed E-state index contributed by atoms with van der Waals surface area (Å²) >= 11 is 0. The van der Waals surface area contributed by atoms with Crippen molar-refractivity contribution in [2.45, 2.75) is 12.8 Å². The predicted octanol–water partition coefficient (Wildman–Crippen LogP) is 1.27. The van der Waals surface area contributed by atoms with Crippen molar-refractivity contribution in [3.05, 3.63) is 29.6 Å². The van der Waals surface area contributed by atoms with Gasteiger partial charge in [-0.1, -0.05) is 17.6 Å². The lowest BCUT2D eigenvalue weighted by molar-refractivity contribution is -0.173. The molecule has 16 heavy (non-hydrogen) atoms. The summed E-state index contributed by atoms with van der Waals surface area (Å²) in [5, 5.41) is 0. The Morgan fingerprint density at radius 2 is 2.12 bits per heavy atom.